The van der Waals surface area contributed by atoms with Crippen molar-refractivity contribution in [3.8, 4) is 0 Å². The van der Waals surface area contributed by atoms with Crippen LogP contribution in [0.1, 0.15) is 62.5 Å². The zero-order valence-electron chi connectivity index (χ0n) is 19.6. The highest BCUT2D eigenvalue weighted by molar-refractivity contribution is 6.09. The van der Waals surface area contributed by atoms with Gasteiger partial charge in [0.1, 0.15) is 5.54 Å². The molecule has 176 valence electrons. The lowest BCUT2D eigenvalue weighted by atomic mass is 9.92. The fourth-order valence-corrected chi connectivity index (χ4v) is 5.45. The number of fused-ring (bicyclic) bond motifs is 1. The van der Waals surface area contributed by atoms with E-state index in [9.17, 15) is 14.4 Å². The van der Waals surface area contributed by atoms with Gasteiger partial charge < -0.3 is 15.5 Å². The number of likely N-dealkylation sites (N-methyl/N-ethyl adjacent to an activating group) is 1. The highest BCUT2D eigenvalue weighted by atomic mass is 16.2. The minimum atomic E-state index is -0.897. The first-order chi connectivity index (χ1) is 16.4. The van der Waals surface area contributed by atoms with Gasteiger partial charge in [-0.2, -0.15) is 0 Å². The van der Waals surface area contributed by atoms with Crippen LogP contribution in [0.2, 0.25) is 0 Å². The summed E-state index contributed by atoms with van der Waals surface area (Å²) in [6, 6.07) is 15.4. The molecule has 7 heteroatoms. The summed E-state index contributed by atoms with van der Waals surface area (Å²) in [5, 5.41) is 5.91. The summed E-state index contributed by atoms with van der Waals surface area (Å²) >= 11 is 0. The predicted molar refractivity (Wildman–Crippen MR) is 132 cm³/mol. The zero-order chi connectivity index (χ0) is 23.9. The van der Waals surface area contributed by atoms with E-state index < -0.39 is 5.54 Å². The van der Waals surface area contributed by atoms with Crippen LogP contribution in [-0.4, -0.2) is 42.1 Å². The van der Waals surface area contributed by atoms with Crippen molar-refractivity contribution in [1.29, 1.82) is 0 Å². The summed E-state index contributed by atoms with van der Waals surface area (Å²) in [5.74, 6) is -0.574. The summed E-state index contributed by atoms with van der Waals surface area (Å²) in [6.07, 6.45) is 2.54. The molecule has 3 aliphatic heterocycles. The van der Waals surface area contributed by atoms with Crippen LogP contribution in [0.4, 0.5) is 11.4 Å². The molecule has 3 amide bonds. The summed E-state index contributed by atoms with van der Waals surface area (Å²) in [5.41, 5.74) is 3.53. The molecule has 1 fully saturated rings. The molecule has 0 aliphatic carbocycles. The Bertz CT molecular complexity index is 1190. The molecule has 0 aromatic heterocycles. The van der Waals surface area contributed by atoms with Crippen molar-refractivity contribution in [3.05, 3.63) is 59.7 Å². The van der Waals surface area contributed by atoms with E-state index in [1.807, 2.05) is 67.3 Å². The van der Waals surface area contributed by atoms with Crippen molar-refractivity contribution in [1.82, 2.24) is 5.32 Å². The molecule has 3 heterocycles. The maximum Gasteiger partial charge on any atom is 0.252 e. The third kappa shape index (κ3) is 3.79. The standard InChI is InChI=1S/C27H30N4O3/c1-3-31-23-11-7-5-9-19(23)21(25(31)33)16-17-12-14-27(2,30-17)26(34)29-22-10-6-4-8-18(22)20-13-15-28-24(20)32/h4-11,20-21H,3,12-16H2,1-2H3,(H,28,32)(H,29,34). The van der Waals surface area contributed by atoms with Crippen LogP contribution in [0, 0.1) is 0 Å². The molecule has 5 rings (SSSR count). The number of rotatable bonds is 6. The van der Waals surface area contributed by atoms with Gasteiger partial charge in [-0.1, -0.05) is 36.4 Å². The van der Waals surface area contributed by atoms with E-state index in [0.29, 0.717) is 38.0 Å². The molecule has 0 spiro atoms. The molecule has 1 saturated heterocycles. The van der Waals surface area contributed by atoms with E-state index in [4.69, 9.17) is 4.99 Å². The summed E-state index contributed by atoms with van der Waals surface area (Å²) in [7, 11) is 0. The van der Waals surface area contributed by atoms with Crippen molar-refractivity contribution < 1.29 is 14.4 Å². The van der Waals surface area contributed by atoms with Gasteiger partial charge in [-0.15, -0.1) is 0 Å². The lowest BCUT2D eigenvalue weighted by molar-refractivity contribution is -0.121. The van der Waals surface area contributed by atoms with Crippen molar-refractivity contribution in [2.45, 2.75) is 56.9 Å². The quantitative estimate of drug-likeness (QED) is 0.691. The van der Waals surface area contributed by atoms with Gasteiger partial charge in [0.15, 0.2) is 0 Å². The van der Waals surface area contributed by atoms with Crippen LogP contribution < -0.4 is 15.5 Å². The number of carbonyl (C=O) groups excluding carboxylic acids is 3. The maximum absolute atomic E-state index is 13.3. The molecule has 0 saturated carbocycles. The molecule has 7 nitrogen and oxygen atoms in total. The third-order valence-corrected chi connectivity index (χ3v) is 7.35. The van der Waals surface area contributed by atoms with Gasteiger partial charge in [0.2, 0.25) is 11.8 Å². The van der Waals surface area contributed by atoms with Gasteiger partial charge in [0.05, 0.1) is 11.8 Å². The highest BCUT2D eigenvalue weighted by Crippen LogP contribution is 2.41. The Labute approximate surface area is 199 Å². The van der Waals surface area contributed by atoms with Crippen molar-refractivity contribution in [3.63, 3.8) is 0 Å². The van der Waals surface area contributed by atoms with Crippen molar-refractivity contribution in [2.75, 3.05) is 23.3 Å². The van der Waals surface area contributed by atoms with Crippen molar-refractivity contribution in [2.24, 2.45) is 4.99 Å². The van der Waals surface area contributed by atoms with Crippen LogP contribution in [0.3, 0.4) is 0 Å². The second-order valence-electron chi connectivity index (χ2n) is 9.52. The van der Waals surface area contributed by atoms with Crippen LogP contribution >= 0.6 is 0 Å². The number of aliphatic imine (C=N–C) groups is 1. The molecule has 34 heavy (non-hydrogen) atoms. The lowest BCUT2D eigenvalue weighted by Gasteiger charge is -2.22. The zero-order valence-corrected chi connectivity index (χ0v) is 19.6. The third-order valence-electron chi connectivity index (χ3n) is 7.35. The van der Waals surface area contributed by atoms with E-state index in [2.05, 4.69) is 10.6 Å². The summed E-state index contributed by atoms with van der Waals surface area (Å²) < 4.78 is 0. The number of carbonyl (C=O) groups is 3. The average molecular weight is 459 g/mol. The smallest absolute Gasteiger partial charge is 0.252 e. The number of para-hydroxylation sites is 2. The van der Waals surface area contributed by atoms with Gasteiger partial charge in [0.25, 0.3) is 5.91 Å². The first-order valence-corrected chi connectivity index (χ1v) is 12.1. The van der Waals surface area contributed by atoms with E-state index in [1.165, 1.54) is 0 Å². The molecular formula is C27H30N4O3. The molecule has 2 N–H and O–H groups in total. The fraction of sp³-hybridized carbons (Fsp3) is 0.407. The number of anilines is 2. The highest BCUT2D eigenvalue weighted by Gasteiger charge is 2.42. The summed E-state index contributed by atoms with van der Waals surface area (Å²) in [6.45, 7) is 5.12. The summed E-state index contributed by atoms with van der Waals surface area (Å²) in [4.78, 5) is 45.3. The molecular weight excluding hydrogens is 428 g/mol. The van der Waals surface area contributed by atoms with Gasteiger partial charge in [-0.05, 0) is 56.4 Å². The number of nitrogens with zero attached hydrogens (tertiary/aromatic N) is 2. The Balaban J connectivity index is 1.34. The Morgan fingerprint density at radius 3 is 2.62 bits per heavy atom. The molecule has 2 aromatic carbocycles. The van der Waals surface area contributed by atoms with Crippen LogP contribution in [0.25, 0.3) is 0 Å². The second kappa shape index (κ2) is 8.70. The SMILES string of the molecule is CCN1C(=O)C(CC2=NC(C)(C(=O)Nc3ccccc3C3CCNC3=O)CC2)c2ccccc21. The Morgan fingerprint density at radius 1 is 1.15 bits per heavy atom. The first kappa shape index (κ1) is 22.3. The monoisotopic (exact) mass is 458 g/mol. The molecule has 3 aliphatic rings. The lowest BCUT2D eigenvalue weighted by Crippen LogP contribution is -2.37. The number of benzene rings is 2. The number of amides is 3. The van der Waals surface area contributed by atoms with Gasteiger partial charge in [-0.25, -0.2) is 0 Å². The molecule has 3 atom stereocenters. The first-order valence-electron chi connectivity index (χ1n) is 12.1. The van der Waals surface area contributed by atoms with Crippen LogP contribution in [-0.2, 0) is 14.4 Å². The number of hydrogen-bond donors (Lipinski definition) is 2. The second-order valence-corrected chi connectivity index (χ2v) is 9.52. The van der Waals surface area contributed by atoms with E-state index in [-0.39, 0.29) is 29.6 Å². The van der Waals surface area contributed by atoms with Gasteiger partial charge >= 0.3 is 0 Å². The number of nitrogens with one attached hydrogen (secondary N) is 2. The molecule has 2 aromatic rings. The van der Waals surface area contributed by atoms with Crippen LogP contribution in [0.5, 0.6) is 0 Å². The number of hydrogen-bond acceptors (Lipinski definition) is 4. The average Bonchev–Trinajstić information content (AvgIpc) is 3.51. The predicted octanol–water partition coefficient (Wildman–Crippen LogP) is 3.76. The molecule has 0 radical (unpaired) electrons. The maximum atomic E-state index is 13.3. The largest absolute Gasteiger partial charge is 0.356 e. The van der Waals surface area contributed by atoms with Gasteiger partial charge in [0, 0.05) is 36.6 Å². The van der Waals surface area contributed by atoms with E-state index in [1.54, 1.807) is 0 Å². The molecule has 3 unspecified atom stereocenters. The van der Waals surface area contributed by atoms with Crippen molar-refractivity contribution >= 4 is 34.8 Å². The van der Waals surface area contributed by atoms with E-state index >= 15 is 0 Å². The molecule has 0 bridgehead atoms. The van der Waals surface area contributed by atoms with Crippen LogP contribution in [0.15, 0.2) is 53.5 Å². The minimum Gasteiger partial charge on any atom is -0.356 e. The Hall–Kier alpha value is -3.48. The Morgan fingerprint density at radius 2 is 1.88 bits per heavy atom. The van der Waals surface area contributed by atoms with Gasteiger partial charge in [-0.3, -0.25) is 19.4 Å². The fourth-order valence-electron chi connectivity index (χ4n) is 5.45. The Kier molecular flexibility index (Phi) is 5.71. The normalized spacial score (nSPS) is 25.8. The minimum absolute atomic E-state index is 0.00304. The van der Waals surface area contributed by atoms with E-state index in [0.717, 1.165) is 28.9 Å². The topological polar surface area (TPSA) is 90.9 Å².